The Bertz CT molecular complexity index is 492. The lowest BCUT2D eigenvalue weighted by atomic mass is 9.81. The van der Waals surface area contributed by atoms with E-state index in [9.17, 15) is 9.90 Å². The number of rotatable bonds is 0. The molecular weight excluding hydrogens is 242 g/mol. The largest absolute Gasteiger partial charge is 0.487 e. The van der Waals surface area contributed by atoms with Gasteiger partial charge in [0, 0.05) is 44.8 Å². The number of nitrogens with zero attached hydrogens (tertiary/aromatic N) is 1. The first-order valence-corrected chi connectivity index (χ1v) is 6.81. The standard InChI is InChI=1S/C15H19NO3/c1-11(17)16-8-6-15(7-9-16)10-13(18)12-4-2-3-5-14(12)19-15/h2-5,13,18H,6-10H2,1H3/t13-/m0/s1. The molecule has 1 amide bonds. The van der Waals surface area contributed by atoms with Gasteiger partial charge in [-0.3, -0.25) is 4.79 Å². The Kier molecular flexibility index (Phi) is 2.97. The third-order valence-electron chi connectivity index (χ3n) is 4.29. The Morgan fingerprint density at radius 3 is 2.74 bits per heavy atom. The van der Waals surface area contributed by atoms with Crippen molar-refractivity contribution in [3.63, 3.8) is 0 Å². The van der Waals surface area contributed by atoms with E-state index in [0.29, 0.717) is 19.5 Å². The molecule has 102 valence electrons. The number of carbonyl (C=O) groups excluding carboxylic acids is 1. The number of hydrogen-bond acceptors (Lipinski definition) is 3. The number of fused-ring (bicyclic) bond motifs is 1. The summed E-state index contributed by atoms with van der Waals surface area (Å²) in [6.07, 6.45) is 1.74. The van der Waals surface area contributed by atoms with Crippen LogP contribution in [-0.4, -0.2) is 34.6 Å². The van der Waals surface area contributed by atoms with E-state index in [-0.39, 0.29) is 11.5 Å². The molecule has 0 aromatic heterocycles. The highest BCUT2D eigenvalue weighted by Gasteiger charge is 2.43. The zero-order chi connectivity index (χ0) is 13.5. The third kappa shape index (κ3) is 2.21. The molecule has 1 aromatic carbocycles. The van der Waals surface area contributed by atoms with Crippen molar-refractivity contribution in [2.75, 3.05) is 13.1 Å². The van der Waals surface area contributed by atoms with E-state index in [2.05, 4.69) is 0 Å². The Morgan fingerprint density at radius 1 is 1.37 bits per heavy atom. The van der Waals surface area contributed by atoms with E-state index < -0.39 is 6.10 Å². The van der Waals surface area contributed by atoms with E-state index >= 15 is 0 Å². The van der Waals surface area contributed by atoms with E-state index in [4.69, 9.17) is 4.74 Å². The van der Waals surface area contributed by atoms with Gasteiger partial charge in [-0.2, -0.15) is 0 Å². The fourth-order valence-corrected chi connectivity index (χ4v) is 3.12. The van der Waals surface area contributed by atoms with Gasteiger partial charge in [0.2, 0.25) is 5.91 Å². The van der Waals surface area contributed by atoms with E-state index in [0.717, 1.165) is 24.2 Å². The molecule has 3 rings (SSSR count). The molecule has 0 saturated carbocycles. The molecule has 0 unspecified atom stereocenters. The normalized spacial score (nSPS) is 24.7. The van der Waals surface area contributed by atoms with Crippen LogP contribution in [0, 0.1) is 0 Å². The Hall–Kier alpha value is -1.55. The van der Waals surface area contributed by atoms with Crippen LogP contribution >= 0.6 is 0 Å². The lowest BCUT2D eigenvalue weighted by Crippen LogP contribution is -2.51. The van der Waals surface area contributed by atoms with Crippen molar-refractivity contribution < 1.29 is 14.6 Å². The zero-order valence-corrected chi connectivity index (χ0v) is 11.1. The second-order valence-electron chi connectivity index (χ2n) is 5.55. The first-order chi connectivity index (χ1) is 9.10. The summed E-state index contributed by atoms with van der Waals surface area (Å²) in [5.74, 6) is 0.907. The molecule has 1 N–H and O–H groups in total. The Morgan fingerprint density at radius 2 is 2.05 bits per heavy atom. The molecule has 2 aliphatic rings. The fourth-order valence-electron chi connectivity index (χ4n) is 3.12. The van der Waals surface area contributed by atoms with Crippen LogP contribution in [0.5, 0.6) is 5.75 Å². The monoisotopic (exact) mass is 261 g/mol. The summed E-state index contributed by atoms with van der Waals surface area (Å²) in [5.41, 5.74) is 0.571. The zero-order valence-electron chi connectivity index (χ0n) is 11.1. The first-order valence-electron chi connectivity index (χ1n) is 6.81. The molecule has 1 spiro atoms. The van der Waals surface area contributed by atoms with Crippen molar-refractivity contribution in [3.8, 4) is 5.75 Å². The summed E-state index contributed by atoms with van der Waals surface area (Å²) >= 11 is 0. The number of piperidine rings is 1. The van der Waals surface area contributed by atoms with Crippen molar-refractivity contribution in [2.45, 2.75) is 37.9 Å². The van der Waals surface area contributed by atoms with Crippen LogP contribution in [0.25, 0.3) is 0 Å². The molecule has 4 nitrogen and oxygen atoms in total. The highest BCUT2D eigenvalue weighted by atomic mass is 16.5. The van der Waals surface area contributed by atoms with Gasteiger partial charge in [0.1, 0.15) is 11.4 Å². The molecular formula is C15H19NO3. The minimum atomic E-state index is -0.464. The molecule has 1 atom stereocenters. The van der Waals surface area contributed by atoms with Crippen LogP contribution in [0.3, 0.4) is 0 Å². The number of carbonyl (C=O) groups is 1. The van der Waals surface area contributed by atoms with Crippen molar-refractivity contribution in [1.29, 1.82) is 0 Å². The molecule has 1 saturated heterocycles. The van der Waals surface area contributed by atoms with Gasteiger partial charge >= 0.3 is 0 Å². The number of hydrogen-bond donors (Lipinski definition) is 1. The summed E-state index contributed by atoms with van der Waals surface area (Å²) in [4.78, 5) is 13.2. The number of para-hydroxylation sites is 1. The summed E-state index contributed by atoms with van der Waals surface area (Å²) in [6.45, 7) is 3.03. The minimum absolute atomic E-state index is 0.117. The van der Waals surface area contributed by atoms with Gasteiger partial charge in [0.05, 0.1) is 6.10 Å². The van der Waals surface area contributed by atoms with Crippen LogP contribution in [0.2, 0.25) is 0 Å². The number of aliphatic hydroxyl groups excluding tert-OH is 1. The van der Waals surface area contributed by atoms with Gasteiger partial charge < -0.3 is 14.7 Å². The number of aliphatic hydroxyl groups is 1. The average Bonchev–Trinajstić information content (AvgIpc) is 2.39. The van der Waals surface area contributed by atoms with Crippen LogP contribution in [0.15, 0.2) is 24.3 Å². The molecule has 0 radical (unpaired) electrons. The Balaban J connectivity index is 1.80. The van der Waals surface area contributed by atoms with Gasteiger partial charge in [-0.15, -0.1) is 0 Å². The maximum Gasteiger partial charge on any atom is 0.219 e. The van der Waals surface area contributed by atoms with Gasteiger partial charge in [-0.25, -0.2) is 0 Å². The smallest absolute Gasteiger partial charge is 0.219 e. The summed E-state index contributed by atoms with van der Waals surface area (Å²) < 4.78 is 6.16. The minimum Gasteiger partial charge on any atom is -0.487 e. The maximum atomic E-state index is 11.4. The quantitative estimate of drug-likeness (QED) is 0.776. The van der Waals surface area contributed by atoms with Gasteiger partial charge in [-0.1, -0.05) is 18.2 Å². The number of ether oxygens (including phenoxy) is 1. The fraction of sp³-hybridized carbons (Fsp3) is 0.533. The van der Waals surface area contributed by atoms with Crippen molar-refractivity contribution in [3.05, 3.63) is 29.8 Å². The van der Waals surface area contributed by atoms with Gasteiger partial charge in [0.15, 0.2) is 0 Å². The van der Waals surface area contributed by atoms with E-state index in [1.807, 2.05) is 29.2 Å². The summed E-state index contributed by atoms with van der Waals surface area (Å²) in [6, 6.07) is 7.67. The van der Waals surface area contributed by atoms with Gasteiger partial charge in [-0.05, 0) is 6.07 Å². The second-order valence-corrected chi connectivity index (χ2v) is 5.55. The van der Waals surface area contributed by atoms with E-state index in [1.54, 1.807) is 6.92 Å². The molecule has 0 aliphatic carbocycles. The molecule has 1 fully saturated rings. The highest BCUT2D eigenvalue weighted by Crippen LogP contribution is 2.43. The van der Waals surface area contributed by atoms with E-state index in [1.165, 1.54) is 0 Å². The van der Waals surface area contributed by atoms with Crippen molar-refractivity contribution in [1.82, 2.24) is 4.90 Å². The lowest BCUT2D eigenvalue weighted by molar-refractivity contribution is -0.133. The van der Waals surface area contributed by atoms with Crippen molar-refractivity contribution in [2.24, 2.45) is 0 Å². The summed E-state index contributed by atoms with van der Waals surface area (Å²) in [5, 5.41) is 10.3. The average molecular weight is 261 g/mol. The van der Waals surface area contributed by atoms with Gasteiger partial charge in [0.25, 0.3) is 0 Å². The highest BCUT2D eigenvalue weighted by molar-refractivity contribution is 5.73. The summed E-state index contributed by atoms with van der Waals surface area (Å²) in [7, 11) is 0. The molecule has 4 heteroatoms. The predicted octanol–water partition coefficient (Wildman–Crippen LogP) is 1.88. The lowest BCUT2D eigenvalue weighted by Gasteiger charge is -2.45. The maximum absolute atomic E-state index is 11.4. The molecule has 19 heavy (non-hydrogen) atoms. The van der Waals surface area contributed by atoms with Crippen molar-refractivity contribution >= 4 is 5.91 Å². The van der Waals surface area contributed by atoms with Crippen LogP contribution in [-0.2, 0) is 4.79 Å². The van der Waals surface area contributed by atoms with Crippen LogP contribution in [0.4, 0.5) is 0 Å². The Labute approximate surface area is 113 Å². The molecule has 1 aromatic rings. The first kappa shape index (κ1) is 12.5. The van der Waals surface area contributed by atoms with Crippen LogP contribution in [0.1, 0.15) is 37.9 Å². The predicted molar refractivity (Wildman–Crippen MR) is 70.9 cm³/mol. The number of amides is 1. The number of likely N-dealkylation sites (tertiary alicyclic amines) is 1. The third-order valence-corrected chi connectivity index (χ3v) is 4.29. The second kappa shape index (κ2) is 4.53. The topological polar surface area (TPSA) is 49.8 Å². The SMILES string of the molecule is CC(=O)N1CCC2(CC1)C[C@H](O)c1ccccc1O2. The van der Waals surface area contributed by atoms with Crippen LogP contribution < -0.4 is 4.74 Å². The molecule has 2 aliphatic heterocycles. The number of benzene rings is 1. The molecule has 0 bridgehead atoms. The molecule has 2 heterocycles.